The first-order valence-corrected chi connectivity index (χ1v) is 5.11. The summed E-state index contributed by atoms with van der Waals surface area (Å²) in [5.74, 6) is 1.88. The lowest BCUT2D eigenvalue weighted by Crippen LogP contribution is -2.50. The Hall–Kier alpha value is -0.600. The van der Waals surface area contributed by atoms with Crippen LogP contribution < -0.4 is 0 Å². The van der Waals surface area contributed by atoms with Gasteiger partial charge in [0, 0.05) is 0 Å². The Morgan fingerprint density at radius 2 is 2.27 bits per heavy atom. The molecule has 0 aromatic rings. The predicted molar refractivity (Wildman–Crippen MR) is 53.2 cm³/mol. The molecule has 4 nitrogen and oxygen atoms in total. The SMILES string of the molecule is C#CCO[C@@H]1CO[C@H]2COC(C)(C)O[C@H]21. The Balaban J connectivity index is 1.97. The summed E-state index contributed by atoms with van der Waals surface area (Å²) in [5.41, 5.74) is 0. The summed E-state index contributed by atoms with van der Waals surface area (Å²) in [5, 5.41) is 0. The number of ether oxygens (including phenoxy) is 4. The first-order valence-electron chi connectivity index (χ1n) is 5.11. The maximum atomic E-state index is 5.77. The highest BCUT2D eigenvalue weighted by atomic mass is 16.7. The Morgan fingerprint density at radius 3 is 3.00 bits per heavy atom. The topological polar surface area (TPSA) is 36.9 Å². The van der Waals surface area contributed by atoms with E-state index in [4.69, 9.17) is 25.4 Å². The fourth-order valence-electron chi connectivity index (χ4n) is 1.88. The summed E-state index contributed by atoms with van der Waals surface area (Å²) in [4.78, 5) is 0. The van der Waals surface area contributed by atoms with Gasteiger partial charge < -0.3 is 18.9 Å². The molecule has 0 amide bonds. The van der Waals surface area contributed by atoms with Crippen LogP contribution in [0.4, 0.5) is 0 Å². The molecule has 0 bridgehead atoms. The summed E-state index contributed by atoms with van der Waals surface area (Å²) in [6.45, 7) is 5.14. The van der Waals surface area contributed by atoms with Crippen LogP contribution in [0.1, 0.15) is 13.8 Å². The summed E-state index contributed by atoms with van der Waals surface area (Å²) >= 11 is 0. The largest absolute Gasteiger partial charge is 0.370 e. The molecule has 0 unspecified atom stereocenters. The van der Waals surface area contributed by atoms with Crippen molar-refractivity contribution in [1.29, 1.82) is 0 Å². The van der Waals surface area contributed by atoms with E-state index in [-0.39, 0.29) is 18.3 Å². The minimum Gasteiger partial charge on any atom is -0.370 e. The lowest BCUT2D eigenvalue weighted by Gasteiger charge is -2.38. The second kappa shape index (κ2) is 4.11. The molecule has 84 valence electrons. The molecule has 4 heteroatoms. The van der Waals surface area contributed by atoms with Gasteiger partial charge in [-0.3, -0.25) is 0 Å². The van der Waals surface area contributed by atoms with Crippen molar-refractivity contribution in [3.05, 3.63) is 0 Å². The van der Waals surface area contributed by atoms with Crippen LogP contribution in [-0.2, 0) is 18.9 Å². The molecule has 0 spiro atoms. The lowest BCUT2D eigenvalue weighted by molar-refractivity contribution is -0.301. The van der Waals surface area contributed by atoms with Crippen molar-refractivity contribution in [2.45, 2.75) is 37.9 Å². The van der Waals surface area contributed by atoms with E-state index in [2.05, 4.69) is 5.92 Å². The first kappa shape index (κ1) is 10.9. The second-order valence-electron chi connectivity index (χ2n) is 4.22. The van der Waals surface area contributed by atoms with E-state index in [1.54, 1.807) is 0 Å². The fourth-order valence-corrected chi connectivity index (χ4v) is 1.88. The van der Waals surface area contributed by atoms with Crippen LogP contribution in [0, 0.1) is 12.3 Å². The monoisotopic (exact) mass is 212 g/mol. The molecule has 0 N–H and O–H groups in total. The van der Waals surface area contributed by atoms with Gasteiger partial charge in [0.25, 0.3) is 0 Å². The molecule has 2 saturated heterocycles. The summed E-state index contributed by atoms with van der Waals surface area (Å²) in [7, 11) is 0. The molecule has 0 aromatic heterocycles. The van der Waals surface area contributed by atoms with Crippen molar-refractivity contribution in [1.82, 2.24) is 0 Å². The van der Waals surface area contributed by atoms with Crippen molar-refractivity contribution in [2.24, 2.45) is 0 Å². The molecule has 2 heterocycles. The first-order chi connectivity index (χ1) is 7.12. The van der Waals surface area contributed by atoms with Gasteiger partial charge in [-0.1, -0.05) is 5.92 Å². The van der Waals surface area contributed by atoms with Crippen LogP contribution in [-0.4, -0.2) is 43.9 Å². The van der Waals surface area contributed by atoms with Crippen molar-refractivity contribution in [2.75, 3.05) is 19.8 Å². The van der Waals surface area contributed by atoms with Gasteiger partial charge in [0.05, 0.1) is 13.2 Å². The minimum absolute atomic E-state index is 0.0270. The minimum atomic E-state index is -0.563. The third-order valence-electron chi connectivity index (χ3n) is 2.60. The summed E-state index contributed by atoms with van der Waals surface area (Å²) in [6, 6.07) is 0. The van der Waals surface area contributed by atoms with Gasteiger partial charge in [0.2, 0.25) is 0 Å². The van der Waals surface area contributed by atoms with Crippen molar-refractivity contribution >= 4 is 0 Å². The van der Waals surface area contributed by atoms with Gasteiger partial charge in [-0.15, -0.1) is 6.42 Å². The molecular formula is C11H16O4. The van der Waals surface area contributed by atoms with Crippen LogP contribution in [0.2, 0.25) is 0 Å². The molecule has 2 fully saturated rings. The second-order valence-corrected chi connectivity index (χ2v) is 4.22. The highest BCUT2D eigenvalue weighted by Gasteiger charge is 2.46. The third kappa shape index (κ3) is 2.32. The van der Waals surface area contributed by atoms with Gasteiger partial charge in [0.15, 0.2) is 5.79 Å². The number of terminal acetylenes is 1. The van der Waals surface area contributed by atoms with E-state index in [1.807, 2.05) is 13.8 Å². The highest BCUT2D eigenvalue weighted by Crippen LogP contribution is 2.31. The molecule has 2 rings (SSSR count). The summed E-state index contributed by atoms with van der Waals surface area (Å²) in [6.07, 6.45) is 4.98. The van der Waals surface area contributed by atoms with Gasteiger partial charge in [-0.25, -0.2) is 0 Å². The molecule has 3 atom stereocenters. The quantitative estimate of drug-likeness (QED) is 0.627. The Kier molecular flexibility index (Phi) is 2.98. The smallest absolute Gasteiger partial charge is 0.163 e. The average molecular weight is 212 g/mol. The molecule has 0 aliphatic carbocycles. The normalized spacial score (nSPS) is 38.3. The van der Waals surface area contributed by atoms with Gasteiger partial charge >= 0.3 is 0 Å². The fraction of sp³-hybridized carbons (Fsp3) is 0.818. The van der Waals surface area contributed by atoms with E-state index in [1.165, 1.54) is 0 Å². The standard InChI is InChI=1S/C11H16O4/c1-4-5-12-8-6-13-9-7-14-11(2,3)15-10(8)9/h1,8-10H,5-7H2,2-3H3/t8-,9+,10+/m1/s1. The molecule has 15 heavy (non-hydrogen) atoms. The average Bonchev–Trinajstić information content (AvgIpc) is 2.56. The highest BCUT2D eigenvalue weighted by molar-refractivity contribution is 4.92. The maximum absolute atomic E-state index is 5.77. The molecule has 0 saturated carbocycles. The van der Waals surface area contributed by atoms with Crippen molar-refractivity contribution < 1.29 is 18.9 Å². The number of rotatable bonds is 2. The van der Waals surface area contributed by atoms with E-state index in [0.717, 1.165) is 0 Å². The number of hydrogen-bond donors (Lipinski definition) is 0. The zero-order valence-corrected chi connectivity index (χ0v) is 9.06. The molecule has 2 aliphatic rings. The molecule has 2 aliphatic heterocycles. The predicted octanol–water partition coefficient (Wildman–Crippen LogP) is 0.555. The van der Waals surface area contributed by atoms with E-state index in [0.29, 0.717) is 19.8 Å². The number of hydrogen-bond acceptors (Lipinski definition) is 4. The van der Waals surface area contributed by atoms with Gasteiger partial charge in [-0.2, -0.15) is 0 Å². The Labute approximate surface area is 89.8 Å². The maximum Gasteiger partial charge on any atom is 0.163 e. The molecule has 0 aromatic carbocycles. The van der Waals surface area contributed by atoms with E-state index in [9.17, 15) is 0 Å². The third-order valence-corrected chi connectivity index (χ3v) is 2.60. The van der Waals surface area contributed by atoms with Crippen LogP contribution in [0.25, 0.3) is 0 Å². The Bertz CT molecular complexity index is 268. The van der Waals surface area contributed by atoms with E-state index >= 15 is 0 Å². The lowest BCUT2D eigenvalue weighted by atomic mass is 10.1. The van der Waals surface area contributed by atoms with Gasteiger partial charge in [-0.05, 0) is 13.8 Å². The van der Waals surface area contributed by atoms with Crippen molar-refractivity contribution in [3.63, 3.8) is 0 Å². The van der Waals surface area contributed by atoms with Crippen LogP contribution in [0.15, 0.2) is 0 Å². The zero-order chi connectivity index (χ0) is 10.9. The molecule has 0 radical (unpaired) electrons. The van der Waals surface area contributed by atoms with E-state index < -0.39 is 5.79 Å². The van der Waals surface area contributed by atoms with Gasteiger partial charge in [0.1, 0.15) is 24.9 Å². The van der Waals surface area contributed by atoms with Crippen LogP contribution in [0.5, 0.6) is 0 Å². The van der Waals surface area contributed by atoms with Crippen LogP contribution >= 0.6 is 0 Å². The molecular weight excluding hydrogens is 196 g/mol. The van der Waals surface area contributed by atoms with Crippen LogP contribution in [0.3, 0.4) is 0 Å². The zero-order valence-electron chi connectivity index (χ0n) is 9.06. The summed E-state index contributed by atoms with van der Waals surface area (Å²) < 4.78 is 22.2. The Morgan fingerprint density at radius 1 is 1.47 bits per heavy atom. The van der Waals surface area contributed by atoms with Crippen molar-refractivity contribution in [3.8, 4) is 12.3 Å². The number of fused-ring (bicyclic) bond motifs is 1.